The lowest BCUT2D eigenvalue weighted by Gasteiger charge is -2.22. The highest BCUT2D eigenvalue weighted by molar-refractivity contribution is 7.12. The summed E-state index contributed by atoms with van der Waals surface area (Å²) in [4.78, 5) is 14.7. The molecule has 2 atom stereocenters. The maximum Gasteiger partial charge on any atom is 0.220 e. The van der Waals surface area contributed by atoms with Gasteiger partial charge < -0.3 is 10.6 Å². The average molecular weight is 294 g/mol. The van der Waals surface area contributed by atoms with E-state index in [1.54, 1.807) is 11.3 Å². The van der Waals surface area contributed by atoms with Gasteiger partial charge in [-0.3, -0.25) is 4.79 Å². The first-order valence-electron chi connectivity index (χ1n) is 7.63. The predicted octanol–water partition coefficient (Wildman–Crippen LogP) is 3.32. The molecule has 0 radical (unpaired) electrons. The summed E-state index contributed by atoms with van der Waals surface area (Å²) in [6.07, 6.45) is 4.17. The van der Waals surface area contributed by atoms with Gasteiger partial charge in [-0.2, -0.15) is 0 Å². The van der Waals surface area contributed by atoms with Gasteiger partial charge in [-0.25, -0.2) is 0 Å². The molecule has 3 nitrogen and oxygen atoms in total. The van der Waals surface area contributed by atoms with Crippen LogP contribution in [0.15, 0.2) is 6.07 Å². The maximum atomic E-state index is 12.1. The van der Waals surface area contributed by atoms with Crippen LogP contribution < -0.4 is 10.6 Å². The maximum absolute atomic E-state index is 12.1. The van der Waals surface area contributed by atoms with E-state index in [4.69, 9.17) is 0 Å². The highest BCUT2D eigenvalue weighted by Crippen LogP contribution is 2.26. The van der Waals surface area contributed by atoms with Crippen molar-refractivity contribution in [3.63, 3.8) is 0 Å². The van der Waals surface area contributed by atoms with Gasteiger partial charge >= 0.3 is 0 Å². The lowest BCUT2D eigenvalue weighted by atomic mass is 9.94. The standard InChI is InChI=1S/C16H26N2OS/c1-11-9-15(13(3)20-11)12(2)18-16(19)7-6-14-5-4-8-17-10-14/h9,12,14,17H,4-8,10H2,1-3H3,(H,18,19). The van der Waals surface area contributed by atoms with Gasteiger partial charge in [-0.15, -0.1) is 11.3 Å². The first-order chi connectivity index (χ1) is 9.56. The summed E-state index contributed by atoms with van der Waals surface area (Å²) < 4.78 is 0. The molecule has 2 unspecified atom stereocenters. The van der Waals surface area contributed by atoms with Crippen LogP contribution in [0.1, 0.15) is 54.0 Å². The molecular weight excluding hydrogens is 268 g/mol. The Hall–Kier alpha value is -0.870. The van der Waals surface area contributed by atoms with Crippen LogP contribution in [0.5, 0.6) is 0 Å². The molecule has 0 saturated carbocycles. The lowest BCUT2D eigenvalue weighted by Crippen LogP contribution is -2.32. The van der Waals surface area contributed by atoms with E-state index in [1.807, 2.05) is 0 Å². The molecule has 1 aliphatic rings. The van der Waals surface area contributed by atoms with Crippen molar-refractivity contribution < 1.29 is 4.79 Å². The van der Waals surface area contributed by atoms with E-state index in [2.05, 4.69) is 37.5 Å². The second kappa shape index (κ2) is 7.23. The van der Waals surface area contributed by atoms with Crippen molar-refractivity contribution in [3.05, 3.63) is 21.4 Å². The number of hydrogen-bond donors (Lipinski definition) is 2. The van der Waals surface area contributed by atoms with Gasteiger partial charge in [0.2, 0.25) is 5.91 Å². The first kappa shape index (κ1) is 15.5. The normalized spacial score (nSPS) is 20.6. The number of aryl methyl sites for hydroxylation is 2. The van der Waals surface area contributed by atoms with E-state index in [-0.39, 0.29) is 11.9 Å². The summed E-state index contributed by atoms with van der Waals surface area (Å²) in [6, 6.07) is 2.31. The smallest absolute Gasteiger partial charge is 0.220 e. The van der Waals surface area contributed by atoms with Crippen LogP contribution >= 0.6 is 11.3 Å². The molecule has 2 rings (SSSR count). The van der Waals surface area contributed by atoms with Crippen molar-refractivity contribution in [1.82, 2.24) is 10.6 Å². The third-order valence-corrected chi connectivity index (χ3v) is 5.08. The largest absolute Gasteiger partial charge is 0.350 e. The SMILES string of the molecule is Cc1cc(C(C)NC(=O)CCC2CCCNC2)c(C)s1. The number of amides is 1. The number of piperidine rings is 1. The van der Waals surface area contributed by atoms with Crippen LogP contribution in [0, 0.1) is 19.8 Å². The number of thiophene rings is 1. The number of hydrogen-bond acceptors (Lipinski definition) is 3. The summed E-state index contributed by atoms with van der Waals surface area (Å²) in [7, 11) is 0. The average Bonchev–Trinajstić information content (AvgIpc) is 2.77. The summed E-state index contributed by atoms with van der Waals surface area (Å²) in [5.41, 5.74) is 1.26. The molecule has 2 heterocycles. The van der Waals surface area contributed by atoms with Crippen LogP contribution in [0.3, 0.4) is 0 Å². The molecule has 0 bridgehead atoms. The second-order valence-corrected chi connectivity index (χ2v) is 7.37. The molecule has 1 aliphatic heterocycles. The fraction of sp³-hybridized carbons (Fsp3) is 0.688. The minimum absolute atomic E-state index is 0.122. The lowest BCUT2D eigenvalue weighted by molar-refractivity contribution is -0.122. The van der Waals surface area contributed by atoms with E-state index in [0.29, 0.717) is 12.3 Å². The summed E-state index contributed by atoms with van der Waals surface area (Å²) >= 11 is 1.80. The topological polar surface area (TPSA) is 41.1 Å². The zero-order chi connectivity index (χ0) is 14.5. The zero-order valence-corrected chi connectivity index (χ0v) is 13.6. The number of nitrogens with one attached hydrogen (secondary N) is 2. The molecule has 4 heteroatoms. The van der Waals surface area contributed by atoms with Crippen LogP contribution in [-0.4, -0.2) is 19.0 Å². The van der Waals surface area contributed by atoms with Gasteiger partial charge in [0.25, 0.3) is 0 Å². The van der Waals surface area contributed by atoms with Crippen molar-refractivity contribution in [3.8, 4) is 0 Å². The highest BCUT2D eigenvalue weighted by Gasteiger charge is 2.17. The van der Waals surface area contributed by atoms with E-state index < -0.39 is 0 Å². The highest BCUT2D eigenvalue weighted by atomic mass is 32.1. The Morgan fingerprint density at radius 2 is 2.35 bits per heavy atom. The molecule has 1 saturated heterocycles. The molecule has 1 aromatic heterocycles. The molecule has 1 aromatic rings. The monoisotopic (exact) mass is 294 g/mol. The summed E-state index contributed by atoms with van der Waals surface area (Å²) in [6.45, 7) is 8.53. The van der Waals surface area contributed by atoms with E-state index in [1.165, 1.54) is 28.2 Å². The fourth-order valence-electron chi connectivity index (χ4n) is 2.98. The van der Waals surface area contributed by atoms with Gasteiger partial charge in [-0.1, -0.05) is 0 Å². The van der Waals surface area contributed by atoms with Crippen molar-refractivity contribution in [2.24, 2.45) is 5.92 Å². The fourth-order valence-corrected chi connectivity index (χ4v) is 4.00. The Kier molecular flexibility index (Phi) is 5.61. The minimum Gasteiger partial charge on any atom is -0.350 e. The molecule has 0 spiro atoms. The molecular formula is C16H26N2OS. The Bertz CT molecular complexity index is 449. The van der Waals surface area contributed by atoms with Crippen molar-refractivity contribution in [1.29, 1.82) is 0 Å². The predicted molar refractivity (Wildman–Crippen MR) is 85.2 cm³/mol. The Morgan fingerprint density at radius 3 is 2.95 bits per heavy atom. The van der Waals surface area contributed by atoms with E-state index in [0.717, 1.165) is 19.5 Å². The minimum atomic E-state index is 0.122. The van der Waals surface area contributed by atoms with Gasteiger partial charge in [0, 0.05) is 16.2 Å². The molecule has 1 amide bonds. The van der Waals surface area contributed by atoms with Gasteiger partial charge in [0.1, 0.15) is 0 Å². The number of rotatable bonds is 5. The quantitative estimate of drug-likeness (QED) is 0.874. The summed E-state index contributed by atoms with van der Waals surface area (Å²) in [5, 5.41) is 6.54. The van der Waals surface area contributed by atoms with Gasteiger partial charge in [-0.05, 0) is 70.7 Å². The third-order valence-electron chi connectivity index (χ3n) is 4.10. The van der Waals surface area contributed by atoms with Gasteiger partial charge in [0.05, 0.1) is 6.04 Å². The zero-order valence-electron chi connectivity index (χ0n) is 12.8. The van der Waals surface area contributed by atoms with Crippen LogP contribution in [-0.2, 0) is 4.79 Å². The third kappa shape index (κ3) is 4.32. The van der Waals surface area contributed by atoms with E-state index in [9.17, 15) is 4.79 Å². The Morgan fingerprint density at radius 1 is 1.55 bits per heavy atom. The number of carbonyl (C=O) groups excluding carboxylic acids is 1. The van der Waals surface area contributed by atoms with Crippen LogP contribution in [0.2, 0.25) is 0 Å². The molecule has 1 fully saturated rings. The van der Waals surface area contributed by atoms with Crippen molar-refractivity contribution >= 4 is 17.2 Å². The van der Waals surface area contributed by atoms with Crippen molar-refractivity contribution in [2.45, 2.75) is 52.5 Å². The summed E-state index contributed by atoms with van der Waals surface area (Å²) in [5.74, 6) is 0.862. The van der Waals surface area contributed by atoms with E-state index >= 15 is 0 Å². The number of carbonyl (C=O) groups is 1. The van der Waals surface area contributed by atoms with Crippen molar-refractivity contribution in [2.75, 3.05) is 13.1 Å². The Balaban J connectivity index is 1.77. The molecule has 20 heavy (non-hydrogen) atoms. The molecule has 0 aliphatic carbocycles. The van der Waals surface area contributed by atoms with Gasteiger partial charge in [0.15, 0.2) is 0 Å². The first-order valence-corrected chi connectivity index (χ1v) is 8.45. The molecule has 112 valence electrons. The molecule has 2 N–H and O–H groups in total. The van der Waals surface area contributed by atoms with Crippen LogP contribution in [0.25, 0.3) is 0 Å². The second-order valence-electron chi connectivity index (χ2n) is 5.91. The Labute approximate surface area is 126 Å². The van der Waals surface area contributed by atoms with Crippen LogP contribution in [0.4, 0.5) is 0 Å². The molecule has 0 aromatic carbocycles.